The number of carbonyl (C=O) groups is 1. The van der Waals surface area contributed by atoms with Crippen molar-refractivity contribution in [1.82, 2.24) is 24.8 Å². The number of anilines is 2. The Balaban J connectivity index is 1.09. The molecular weight excluding hydrogens is 540 g/mol. The molecule has 0 aromatic carbocycles. The van der Waals surface area contributed by atoms with Gasteiger partial charge in [-0.1, -0.05) is 17.8 Å². The number of amides is 2. The maximum Gasteiger partial charge on any atom is 0.326 e. The van der Waals surface area contributed by atoms with E-state index in [4.69, 9.17) is 20.4 Å². The van der Waals surface area contributed by atoms with E-state index < -0.39 is 0 Å². The molecule has 12 heteroatoms. The summed E-state index contributed by atoms with van der Waals surface area (Å²) in [6.45, 7) is 6.43. The second kappa shape index (κ2) is 10.1. The summed E-state index contributed by atoms with van der Waals surface area (Å²) in [5.74, 6) is 1.83. The maximum atomic E-state index is 13.1. The van der Waals surface area contributed by atoms with Crippen LogP contribution in [-0.4, -0.2) is 74.3 Å². The van der Waals surface area contributed by atoms with Gasteiger partial charge in [-0.2, -0.15) is 0 Å². The summed E-state index contributed by atoms with van der Waals surface area (Å²) in [5.41, 5.74) is 9.57. The molecule has 3 aromatic heterocycles. The number of ether oxygens (including phenoxy) is 1. The van der Waals surface area contributed by atoms with Crippen molar-refractivity contribution in [3.8, 4) is 5.75 Å². The van der Waals surface area contributed by atoms with E-state index in [0.29, 0.717) is 41.3 Å². The fourth-order valence-electron chi connectivity index (χ4n) is 6.73. The summed E-state index contributed by atoms with van der Waals surface area (Å²) in [6.07, 6.45) is 8.04. The molecule has 2 fully saturated rings. The van der Waals surface area contributed by atoms with Gasteiger partial charge in [-0.3, -0.25) is 9.88 Å². The smallest absolute Gasteiger partial charge is 0.326 e. The molecule has 3 N–H and O–H groups in total. The molecule has 41 heavy (non-hydrogen) atoms. The standard InChI is InChI=1S/C29H34N8O3S/c1-17(2)36-14-18-16-40-24-22(5-9-32-27(24)37(18)28(36)39)41-23-13-33-26(21(15-38)34-23)35-10-6-29(7-11-35)12-20-19(25(29)30)4-3-8-31-20/h3-5,8-9,13,17-18,25,38H,6-7,10-12,14-16,30H2,1-2H3/t18?,25-/m1/s1. The SMILES string of the molecule is CC(C)N1CC2COc3c(Sc4cnc(N5CCC6(CC5)Cc5ncccc5[C@H]6N)c(CO)n4)ccnc3N2C1=O. The highest BCUT2D eigenvalue weighted by Crippen LogP contribution is 2.50. The molecule has 11 nitrogen and oxygen atoms in total. The highest BCUT2D eigenvalue weighted by molar-refractivity contribution is 7.99. The number of hydrogen-bond donors (Lipinski definition) is 2. The molecule has 1 unspecified atom stereocenters. The van der Waals surface area contributed by atoms with E-state index in [-0.39, 0.29) is 36.2 Å². The second-order valence-electron chi connectivity index (χ2n) is 11.6. The number of aromatic nitrogens is 4. The van der Waals surface area contributed by atoms with Gasteiger partial charge in [0.2, 0.25) is 0 Å². The van der Waals surface area contributed by atoms with Gasteiger partial charge in [0, 0.05) is 49.8 Å². The number of piperidine rings is 1. The molecule has 2 saturated heterocycles. The topological polar surface area (TPSA) is 134 Å². The van der Waals surface area contributed by atoms with Gasteiger partial charge in [0.1, 0.15) is 17.3 Å². The zero-order valence-electron chi connectivity index (χ0n) is 23.2. The number of nitrogens with zero attached hydrogens (tertiary/aromatic N) is 7. The molecule has 7 rings (SSSR count). The van der Waals surface area contributed by atoms with Crippen LogP contribution in [0.5, 0.6) is 5.75 Å². The molecule has 1 spiro atoms. The van der Waals surface area contributed by atoms with Gasteiger partial charge in [-0.05, 0) is 56.2 Å². The normalized spacial score (nSPS) is 22.7. The Hall–Kier alpha value is -3.48. The number of urea groups is 1. The van der Waals surface area contributed by atoms with Crippen molar-refractivity contribution in [2.45, 2.75) is 67.8 Å². The summed E-state index contributed by atoms with van der Waals surface area (Å²) in [5, 5.41) is 10.9. The van der Waals surface area contributed by atoms with E-state index in [1.807, 2.05) is 37.1 Å². The lowest BCUT2D eigenvalue weighted by Gasteiger charge is -2.42. The number of fused-ring (bicyclic) bond motifs is 4. The largest absolute Gasteiger partial charge is 0.486 e. The van der Waals surface area contributed by atoms with E-state index in [1.54, 1.807) is 17.3 Å². The Kier molecular flexibility index (Phi) is 6.51. The third-order valence-corrected chi connectivity index (χ3v) is 9.96. The molecule has 3 aliphatic heterocycles. The number of hydrogen-bond acceptors (Lipinski definition) is 10. The first kappa shape index (κ1) is 26.4. The highest BCUT2D eigenvalue weighted by atomic mass is 32.2. The van der Waals surface area contributed by atoms with Crippen molar-refractivity contribution in [3.63, 3.8) is 0 Å². The number of rotatable bonds is 5. The first-order chi connectivity index (χ1) is 19.9. The molecule has 4 aliphatic rings. The van der Waals surface area contributed by atoms with Gasteiger partial charge in [0.15, 0.2) is 17.4 Å². The Bertz CT molecular complexity index is 1490. The third kappa shape index (κ3) is 4.31. The zero-order chi connectivity index (χ0) is 28.3. The van der Waals surface area contributed by atoms with E-state index in [0.717, 1.165) is 42.9 Å². The fraction of sp³-hybridized carbons (Fsp3) is 0.483. The van der Waals surface area contributed by atoms with Crippen molar-refractivity contribution < 1.29 is 14.6 Å². The van der Waals surface area contributed by atoms with Gasteiger partial charge in [0.05, 0.1) is 23.7 Å². The molecule has 1 aliphatic carbocycles. The lowest BCUT2D eigenvalue weighted by molar-refractivity contribution is 0.186. The van der Waals surface area contributed by atoms with E-state index >= 15 is 0 Å². The minimum Gasteiger partial charge on any atom is -0.486 e. The molecule has 0 radical (unpaired) electrons. The second-order valence-corrected chi connectivity index (χ2v) is 12.7. The van der Waals surface area contributed by atoms with Crippen molar-refractivity contribution in [1.29, 1.82) is 0 Å². The van der Waals surface area contributed by atoms with E-state index in [1.165, 1.54) is 17.3 Å². The number of pyridine rings is 2. The van der Waals surface area contributed by atoms with Gasteiger partial charge in [0.25, 0.3) is 0 Å². The van der Waals surface area contributed by atoms with Crippen LogP contribution >= 0.6 is 11.8 Å². The Labute approximate surface area is 243 Å². The number of carbonyl (C=O) groups excluding carboxylic acids is 1. The van der Waals surface area contributed by atoms with E-state index in [2.05, 4.69) is 20.9 Å². The van der Waals surface area contributed by atoms with Crippen LogP contribution in [0.4, 0.5) is 16.4 Å². The monoisotopic (exact) mass is 574 g/mol. The van der Waals surface area contributed by atoms with Crippen LogP contribution in [-0.2, 0) is 13.0 Å². The fourth-order valence-corrected chi connectivity index (χ4v) is 7.59. The van der Waals surface area contributed by atoms with Gasteiger partial charge < -0.3 is 25.4 Å². The summed E-state index contributed by atoms with van der Waals surface area (Å²) in [6, 6.07) is 5.92. The number of aliphatic hydroxyl groups is 1. The average Bonchev–Trinajstić information content (AvgIpc) is 3.47. The highest BCUT2D eigenvalue weighted by Gasteiger charge is 2.47. The summed E-state index contributed by atoms with van der Waals surface area (Å²) >= 11 is 1.39. The van der Waals surface area contributed by atoms with Crippen LogP contribution in [0.1, 0.15) is 49.7 Å². The quantitative estimate of drug-likeness (QED) is 0.468. The van der Waals surface area contributed by atoms with Crippen LogP contribution in [0.2, 0.25) is 0 Å². The predicted octanol–water partition coefficient (Wildman–Crippen LogP) is 3.16. The molecule has 214 valence electrons. The molecule has 0 bridgehead atoms. The lowest BCUT2D eigenvalue weighted by Crippen LogP contribution is -2.45. The summed E-state index contributed by atoms with van der Waals surface area (Å²) in [4.78, 5) is 38.4. The van der Waals surface area contributed by atoms with Crippen LogP contribution in [0.25, 0.3) is 0 Å². The minimum absolute atomic E-state index is 0.0105. The predicted molar refractivity (Wildman–Crippen MR) is 154 cm³/mol. The molecule has 0 saturated carbocycles. The molecular formula is C29H34N8O3S. The Morgan fingerprint density at radius 3 is 2.76 bits per heavy atom. The Morgan fingerprint density at radius 2 is 2.00 bits per heavy atom. The molecule has 2 atom stereocenters. The van der Waals surface area contributed by atoms with Crippen molar-refractivity contribution in [3.05, 3.63) is 53.7 Å². The summed E-state index contributed by atoms with van der Waals surface area (Å²) < 4.78 is 6.15. The third-order valence-electron chi connectivity index (χ3n) is 9.01. The van der Waals surface area contributed by atoms with Gasteiger partial charge in [-0.15, -0.1) is 0 Å². The molecule has 2 amide bonds. The van der Waals surface area contributed by atoms with E-state index in [9.17, 15) is 9.90 Å². The van der Waals surface area contributed by atoms with Crippen molar-refractivity contribution in [2.75, 3.05) is 36.0 Å². The summed E-state index contributed by atoms with van der Waals surface area (Å²) in [7, 11) is 0. The first-order valence-corrected chi connectivity index (χ1v) is 15.0. The first-order valence-electron chi connectivity index (χ1n) is 14.2. The Morgan fingerprint density at radius 1 is 1.17 bits per heavy atom. The number of aliphatic hydroxyl groups excluding tert-OH is 1. The lowest BCUT2D eigenvalue weighted by atomic mass is 9.73. The van der Waals surface area contributed by atoms with Crippen LogP contribution in [0.15, 0.2) is 46.7 Å². The zero-order valence-corrected chi connectivity index (χ0v) is 24.0. The van der Waals surface area contributed by atoms with Crippen molar-refractivity contribution >= 4 is 29.4 Å². The van der Waals surface area contributed by atoms with Crippen LogP contribution in [0.3, 0.4) is 0 Å². The molecule has 3 aromatic rings. The minimum atomic E-state index is -0.215. The molecule has 6 heterocycles. The van der Waals surface area contributed by atoms with Crippen molar-refractivity contribution in [2.24, 2.45) is 11.1 Å². The number of nitrogens with two attached hydrogens (primary N) is 1. The van der Waals surface area contributed by atoms with Crippen LogP contribution in [0, 0.1) is 5.41 Å². The average molecular weight is 575 g/mol. The van der Waals surface area contributed by atoms with Crippen LogP contribution < -0.4 is 20.3 Å². The van der Waals surface area contributed by atoms with Gasteiger partial charge in [-0.25, -0.2) is 19.7 Å². The van der Waals surface area contributed by atoms with Gasteiger partial charge >= 0.3 is 6.03 Å². The maximum absolute atomic E-state index is 13.1.